The van der Waals surface area contributed by atoms with Crippen molar-refractivity contribution in [3.63, 3.8) is 0 Å². The molecule has 0 saturated carbocycles. The maximum atomic E-state index is 12.4. The summed E-state index contributed by atoms with van der Waals surface area (Å²) in [6.45, 7) is 1.56. The lowest BCUT2D eigenvalue weighted by atomic mass is 10.2. The minimum atomic E-state index is -0.652. The van der Waals surface area contributed by atoms with Crippen molar-refractivity contribution < 1.29 is 23.9 Å². The van der Waals surface area contributed by atoms with Gasteiger partial charge in [-0.15, -0.1) is 11.3 Å². The summed E-state index contributed by atoms with van der Waals surface area (Å²) in [4.78, 5) is 49.9. The van der Waals surface area contributed by atoms with E-state index in [0.717, 1.165) is 9.78 Å². The first-order valence-corrected chi connectivity index (χ1v) is 9.31. The first kappa shape index (κ1) is 19.3. The average Bonchev–Trinajstić information content (AvgIpc) is 3.27. The summed E-state index contributed by atoms with van der Waals surface area (Å²) in [6, 6.07) is 9.10. The van der Waals surface area contributed by atoms with Crippen LogP contribution in [0.2, 0.25) is 0 Å². The van der Waals surface area contributed by atoms with Crippen LogP contribution in [0.25, 0.3) is 6.08 Å². The molecule has 0 unspecified atom stereocenters. The standard InChI is InChI=1S/C19H17N3O5S/c1-2-27-18(25)12-5-7-13(8-6-12)20-16(23)11-22-17(24)15(21-19(22)26)10-14-4-3-9-28-14/h3-10H,2,11H2,1H3,(H,20,23)(H,21,26)/b15-10+. The van der Waals surface area contributed by atoms with Crippen LogP contribution in [0.1, 0.15) is 22.2 Å². The maximum Gasteiger partial charge on any atom is 0.338 e. The summed E-state index contributed by atoms with van der Waals surface area (Å²) in [6.07, 6.45) is 1.57. The van der Waals surface area contributed by atoms with Gasteiger partial charge in [0.15, 0.2) is 0 Å². The molecular weight excluding hydrogens is 382 g/mol. The first-order valence-electron chi connectivity index (χ1n) is 8.43. The van der Waals surface area contributed by atoms with Crippen LogP contribution in [0.15, 0.2) is 47.5 Å². The third kappa shape index (κ3) is 4.44. The second-order valence-corrected chi connectivity index (χ2v) is 6.72. The summed E-state index contributed by atoms with van der Waals surface area (Å²) in [7, 11) is 0. The predicted molar refractivity (Wildman–Crippen MR) is 104 cm³/mol. The van der Waals surface area contributed by atoms with Gasteiger partial charge in [-0.1, -0.05) is 6.07 Å². The molecule has 0 bridgehead atoms. The van der Waals surface area contributed by atoms with Gasteiger partial charge in [-0.3, -0.25) is 9.59 Å². The number of carbonyl (C=O) groups excluding carboxylic acids is 4. The van der Waals surface area contributed by atoms with Crippen LogP contribution < -0.4 is 10.6 Å². The van der Waals surface area contributed by atoms with E-state index in [0.29, 0.717) is 11.3 Å². The zero-order valence-corrected chi connectivity index (χ0v) is 15.7. The van der Waals surface area contributed by atoms with Crippen molar-refractivity contribution in [3.05, 3.63) is 57.9 Å². The smallest absolute Gasteiger partial charge is 0.338 e. The molecule has 0 aliphatic carbocycles. The number of rotatable bonds is 6. The highest BCUT2D eigenvalue weighted by Crippen LogP contribution is 2.17. The van der Waals surface area contributed by atoms with Crippen LogP contribution >= 0.6 is 11.3 Å². The molecule has 144 valence electrons. The van der Waals surface area contributed by atoms with Crippen molar-refractivity contribution in [3.8, 4) is 0 Å². The highest BCUT2D eigenvalue weighted by molar-refractivity contribution is 7.10. The van der Waals surface area contributed by atoms with Gasteiger partial charge in [0, 0.05) is 10.6 Å². The Morgan fingerprint density at radius 3 is 2.61 bits per heavy atom. The molecule has 1 aliphatic heterocycles. The Labute approximate surface area is 164 Å². The molecule has 1 saturated heterocycles. The second-order valence-electron chi connectivity index (χ2n) is 5.74. The number of anilines is 1. The van der Waals surface area contributed by atoms with Gasteiger partial charge >= 0.3 is 12.0 Å². The van der Waals surface area contributed by atoms with Gasteiger partial charge in [0.2, 0.25) is 5.91 Å². The number of urea groups is 1. The lowest BCUT2D eigenvalue weighted by molar-refractivity contribution is -0.127. The van der Waals surface area contributed by atoms with E-state index in [4.69, 9.17) is 4.74 Å². The van der Waals surface area contributed by atoms with Crippen molar-refractivity contribution in [2.45, 2.75) is 6.92 Å². The van der Waals surface area contributed by atoms with E-state index in [-0.39, 0.29) is 12.3 Å². The Kier molecular flexibility index (Phi) is 5.85. The van der Waals surface area contributed by atoms with Gasteiger partial charge in [-0.2, -0.15) is 0 Å². The number of esters is 1. The fourth-order valence-electron chi connectivity index (χ4n) is 2.48. The molecule has 1 aromatic carbocycles. The number of thiophene rings is 1. The number of amides is 4. The molecule has 1 aliphatic rings. The van der Waals surface area contributed by atoms with Gasteiger partial charge in [-0.05, 0) is 48.7 Å². The number of benzene rings is 1. The van der Waals surface area contributed by atoms with E-state index < -0.39 is 30.4 Å². The molecule has 4 amide bonds. The van der Waals surface area contributed by atoms with Crippen LogP contribution in [-0.2, 0) is 14.3 Å². The third-order valence-electron chi connectivity index (χ3n) is 3.77. The van der Waals surface area contributed by atoms with Crippen LogP contribution in [0.3, 0.4) is 0 Å². The number of ether oxygens (including phenoxy) is 1. The van der Waals surface area contributed by atoms with Gasteiger partial charge in [0.05, 0.1) is 12.2 Å². The van der Waals surface area contributed by atoms with Crippen LogP contribution in [0.5, 0.6) is 0 Å². The van der Waals surface area contributed by atoms with Crippen molar-refractivity contribution in [1.82, 2.24) is 10.2 Å². The van der Waals surface area contributed by atoms with Crippen LogP contribution in [-0.4, -0.2) is 41.9 Å². The molecule has 0 spiro atoms. The number of imide groups is 1. The molecule has 1 aromatic heterocycles. The van der Waals surface area contributed by atoms with Gasteiger partial charge in [0.1, 0.15) is 12.2 Å². The summed E-state index contributed by atoms with van der Waals surface area (Å²) in [5.74, 6) is -1.55. The summed E-state index contributed by atoms with van der Waals surface area (Å²) >= 11 is 1.43. The van der Waals surface area contributed by atoms with Crippen molar-refractivity contribution in [2.75, 3.05) is 18.5 Å². The van der Waals surface area contributed by atoms with Crippen LogP contribution in [0, 0.1) is 0 Å². The SMILES string of the molecule is CCOC(=O)c1ccc(NC(=O)CN2C(=O)N/C(=C/c3cccs3)C2=O)cc1. The minimum Gasteiger partial charge on any atom is -0.462 e. The van der Waals surface area contributed by atoms with Crippen molar-refractivity contribution in [1.29, 1.82) is 0 Å². The molecule has 2 aromatic rings. The monoisotopic (exact) mass is 399 g/mol. The highest BCUT2D eigenvalue weighted by Gasteiger charge is 2.34. The van der Waals surface area contributed by atoms with Gasteiger partial charge in [-0.25, -0.2) is 14.5 Å². The molecule has 0 radical (unpaired) electrons. The van der Waals surface area contributed by atoms with Crippen LogP contribution in [0.4, 0.5) is 10.5 Å². The molecule has 1 fully saturated rings. The molecule has 28 heavy (non-hydrogen) atoms. The zero-order chi connectivity index (χ0) is 20.1. The predicted octanol–water partition coefficient (Wildman–Crippen LogP) is 2.46. The fraction of sp³-hybridized carbons (Fsp3) is 0.158. The molecule has 2 N–H and O–H groups in total. The number of hydrogen-bond acceptors (Lipinski definition) is 6. The lowest BCUT2D eigenvalue weighted by Gasteiger charge is -2.12. The number of hydrogen-bond donors (Lipinski definition) is 2. The Morgan fingerprint density at radius 2 is 1.96 bits per heavy atom. The van der Waals surface area contributed by atoms with Crippen molar-refractivity contribution >= 4 is 46.9 Å². The molecular formula is C19H17N3O5S. The second kappa shape index (κ2) is 8.49. The number of nitrogens with one attached hydrogen (secondary N) is 2. The van der Waals surface area contributed by atoms with E-state index >= 15 is 0 Å². The van der Waals surface area contributed by atoms with Gasteiger partial charge < -0.3 is 15.4 Å². The summed E-state index contributed by atoms with van der Waals surface area (Å²) < 4.78 is 4.89. The Bertz CT molecular complexity index is 935. The molecule has 2 heterocycles. The number of carbonyl (C=O) groups is 4. The Balaban J connectivity index is 1.61. The van der Waals surface area contributed by atoms with E-state index in [1.54, 1.807) is 13.0 Å². The van der Waals surface area contributed by atoms with E-state index in [1.165, 1.54) is 35.6 Å². The average molecular weight is 399 g/mol. The topological polar surface area (TPSA) is 105 Å². The summed E-state index contributed by atoms with van der Waals surface area (Å²) in [5, 5.41) is 6.91. The van der Waals surface area contributed by atoms with E-state index in [1.807, 2.05) is 17.5 Å². The lowest BCUT2D eigenvalue weighted by Crippen LogP contribution is -2.38. The van der Waals surface area contributed by atoms with Crippen molar-refractivity contribution in [2.24, 2.45) is 0 Å². The minimum absolute atomic E-state index is 0.124. The van der Waals surface area contributed by atoms with E-state index in [9.17, 15) is 19.2 Å². The van der Waals surface area contributed by atoms with Gasteiger partial charge in [0.25, 0.3) is 5.91 Å². The molecule has 0 atom stereocenters. The Hall–Kier alpha value is -3.46. The molecule has 8 nitrogen and oxygen atoms in total. The quantitative estimate of drug-likeness (QED) is 0.441. The summed E-state index contributed by atoms with van der Waals surface area (Å²) in [5.41, 5.74) is 0.913. The maximum absolute atomic E-state index is 12.4. The van der Waals surface area contributed by atoms with E-state index in [2.05, 4.69) is 10.6 Å². The third-order valence-corrected chi connectivity index (χ3v) is 4.59. The highest BCUT2D eigenvalue weighted by atomic mass is 32.1. The Morgan fingerprint density at radius 1 is 1.21 bits per heavy atom. The largest absolute Gasteiger partial charge is 0.462 e. The normalized spacial score (nSPS) is 14.9. The number of nitrogens with zero attached hydrogens (tertiary/aromatic N) is 1. The molecule has 3 rings (SSSR count). The molecule has 9 heteroatoms. The first-order chi connectivity index (χ1) is 13.5. The zero-order valence-electron chi connectivity index (χ0n) is 14.9. The fourth-order valence-corrected chi connectivity index (χ4v) is 3.14.